The van der Waals surface area contributed by atoms with Crippen LogP contribution in [-0.2, 0) is 11.3 Å². The van der Waals surface area contributed by atoms with Crippen LogP contribution in [0.5, 0.6) is 5.75 Å². The van der Waals surface area contributed by atoms with E-state index in [1.54, 1.807) is 12.1 Å². The number of hydrogen-bond acceptors (Lipinski definition) is 3. The van der Waals surface area contributed by atoms with E-state index in [-0.39, 0.29) is 12.0 Å². The van der Waals surface area contributed by atoms with E-state index >= 15 is 0 Å². The molecule has 3 N–H and O–H groups in total. The normalized spacial score (nSPS) is 11.0. The Morgan fingerprint density at radius 2 is 1.92 bits per heavy atom. The van der Waals surface area contributed by atoms with Crippen LogP contribution in [0.15, 0.2) is 48.5 Å². The molecule has 0 saturated heterocycles. The topological polar surface area (TPSA) is 64.3 Å². The number of nitrogen functional groups attached to an aromatic ring is 1. The predicted octanol–water partition coefficient (Wildman–Crippen LogP) is 3.69. The summed E-state index contributed by atoms with van der Waals surface area (Å²) in [6, 6.07) is 13.6. The van der Waals surface area contributed by atoms with Gasteiger partial charge in [-0.15, -0.1) is 0 Å². The largest absolute Gasteiger partial charge is 0.489 e. The van der Waals surface area contributed by atoms with Crippen LogP contribution in [0.2, 0.25) is 0 Å². The second kappa shape index (κ2) is 8.20. The standard InChI is InChI=1S/C20H24N2O2/c1-14(2)24-19-10-8-16(12-18(19)21)9-11-20(23)22-13-17-6-4-15(3)5-7-17/h4-12,14H,13,21H2,1-3H3,(H,22,23)/b11-9-. The van der Waals surface area contributed by atoms with Crippen molar-refractivity contribution in [1.29, 1.82) is 0 Å². The highest BCUT2D eigenvalue weighted by molar-refractivity contribution is 5.91. The molecule has 0 atom stereocenters. The fourth-order valence-corrected chi connectivity index (χ4v) is 2.16. The van der Waals surface area contributed by atoms with Crippen molar-refractivity contribution in [2.24, 2.45) is 0 Å². The van der Waals surface area contributed by atoms with Gasteiger partial charge in [-0.1, -0.05) is 35.9 Å². The average Bonchev–Trinajstić information content (AvgIpc) is 2.54. The molecule has 0 aliphatic heterocycles. The Kier molecular flexibility index (Phi) is 6.01. The summed E-state index contributed by atoms with van der Waals surface area (Å²) in [6.45, 7) is 6.44. The van der Waals surface area contributed by atoms with Crippen LogP contribution in [0.3, 0.4) is 0 Å². The van der Waals surface area contributed by atoms with Crippen LogP contribution in [0.25, 0.3) is 6.08 Å². The van der Waals surface area contributed by atoms with Crippen molar-refractivity contribution in [3.8, 4) is 5.75 Å². The van der Waals surface area contributed by atoms with E-state index in [9.17, 15) is 4.79 Å². The van der Waals surface area contributed by atoms with E-state index in [2.05, 4.69) is 5.32 Å². The summed E-state index contributed by atoms with van der Waals surface area (Å²) >= 11 is 0. The highest BCUT2D eigenvalue weighted by Gasteiger charge is 2.03. The van der Waals surface area contributed by atoms with Crippen molar-refractivity contribution < 1.29 is 9.53 Å². The van der Waals surface area contributed by atoms with Crippen molar-refractivity contribution in [2.75, 3.05) is 5.73 Å². The molecular formula is C20H24N2O2. The van der Waals surface area contributed by atoms with Gasteiger partial charge in [0.05, 0.1) is 11.8 Å². The third kappa shape index (κ3) is 5.47. The van der Waals surface area contributed by atoms with Gasteiger partial charge in [0.15, 0.2) is 0 Å². The second-order valence-electron chi connectivity index (χ2n) is 6.00. The lowest BCUT2D eigenvalue weighted by Crippen LogP contribution is -2.20. The highest BCUT2D eigenvalue weighted by atomic mass is 16.5. The van der Waals surface area contributed by atoms with Gasteiger partial charge in [-0.3, -0.25) is 4.79 Å². The molecule has 0 fully saturated rings. The molecule has 0 radical (unpaired) electrons. The summed E-state index contributed by atoms with van der Waals surface area (Å²) in [6.07, 6.45) is 3.31. The lowest BCUT2D eigenvalue weighted by molar-refractivity contribution is -0.116. The quantitative estimate of drug-likeness (QED) is 0.629. The smallest absolute Gasteiger partial charge is 0.244 e. The average molecular weight is 324 g/mol. The van der Waals surface area contributed by atoms with Gasteiger partial charge in [0.1, 0.15) is 5.75 Å². The third-order valence-electron chi connectivity index (χ3n) is 3.41. The lowest BCUT2D eigenvalue weighted by Gasteiger charge is -2.12. The van der Waals surface area contributed by atoms with E-state index in [1.807, 2.05) is 57.2 Å². The molecule has 2 aromatic carbocycles. The van der Waals surface area contributed by atoms with E-state index in [0.29, 0.717) is 18.0 Å². The SMILES string of the molecule is Cc1ccc(CNC(=O)/C=C\c2ccc(OC(C)C)c(N)c2)cc1. The van der Waals surface area contributed by atoms with Gasteiger partial charge in [0.2, 0.25) is 5.91 Å². The van der Waals surface area contributed by atoms with Gasteiger partial charge in [-0.2, -0.15) is 0 Å². The Morgan fingerprint density at radius 3 is 2.54 bits per heavy atom. The van der Waals surface area contributed by atoms with E-state index < -0.39 is 0 Å². The minimum Gasteiger partial charge on any atom is -0.489 e. The summed E-state index contributed by atoms with van der Waals surface area (Å²) < 4.78 is 5.59. The number of anilines is 1. The van der Waals surface area contributed by atoms with Crippen molar-refractivity contribution in [3.05, 3.63) is 65.2 Å². The van der Waals surface area contributed by atoms with Crippen molar-refractivity contribution in [2.45, 2.75) is 33.4 Å². The van der Waals surface area contributed by atoms with Crippen LogP contribution in [0.4, 0.5) is 5.69 Å². The maximum absolute atomic E-state index is 11.9. The molecule has 4 nitrogen and oxygen atoms in total. The molecule has 0 aromatic heterocycles. The summed E-state index contributed by atoms with van der Waals surface area (Å²) in [7, 11) is 0. The first kappa shape index (κ1) is 17.6. The van der Waals surface area contributed by atoms with Crippen LogP contribution in [0, 0.1) is 6.92 Å². The molecule has 0 unspecified atom stereocenters. The van der Waals surface area contributed by atoms with Gasteiger partial charge in [0, 0.05) is 12.6 Å². The molecular weight excluding hydrogens is 300 g/mol. The molecule has 0 saturated carbocycles. The molecule has 0 spiro atoms. The number of hydrogen-bond donors (Lipinski definition) is 2. The number of benzene rings is 2. The number of aryl methyl sites for hydroxylation is 1. The highest BCUT2D eigenvalue weighted by Crippen LogP contribution is 2.24. The zero-order chi connectivity index (χ0) is 17.5. The van der Waals surface area contributed by atoms with Crippen molar-refractivity contribution >= 4 is 17.7 Å². The van der Waals surface area contributed by atoms with E-state index in [1.165, 1.54) is 11.6 Å². The molecule has 2 aromatic rings. The maximum Gasteiger partial charge on any atom is 0.244 e. The van der Waals surface area contributed by atoms with Gasteiger partial charge in [0.25, 0.3) is 0 Å². The number of amides is 1. The minimum atomic E-state index is -0.142. The molecule has 126 valence electrons. The van der Waals surface area contributed by atoms with Crippen LogP contribution < -0.4 is 15.8 Å². The Balaban J connectivity index is 1.91. The van der Waals surface area contributed by atoms with Gasteiger partial charge in [-0.05, 0) is 50.1 Å². The molecule has 0 aliphatic carbocycles. The molecule has 0 aliphatic rings. The third-order valence-corrected chi connectivity index (χ3v) is 3.41. The second-order valence-corrected chi connectivity index (χ2v) is 6.00. The molecule has 4 heteroatoms. The van der Waals surface area contributed by atoms with Gasteiger partial charge >= 0.3 is 0 Å². The fraction of sp³-hybridized carbons (Fsp3) is 0.250. The van der Waals surface area contributed by atoms with Crippen LogP contribution >= 0.6 is 0 Å². The molecule has 1 amide bonds. The van der Waals surface area contributed by atoms with E-state index in [4.69, 9.17) is 10.5 Å². The van der Waals surface area contributed by atoms with Crippen LogP contribution in [-0.4, -0.2) is 12.0 Å². The number of carbonyl (C=O) groups excluding carboxylic acids is 1. The Bertz CT molecular complexity index is 719. The monoisotopic (exact) mass is 324 g/mol. The van der Waals surface area contributed by atoms with Crippen LogP contribution in [0.1, 0.15) is 30.5 Å². The summed E-state index contributed by atoms with van der Waals surface area (Å²) in [5, 5.41) is 2.86. The van der Waals surface area contributed by atoms with Crippen molar-refractivity contribution in [3.63, 3.8) is 0 Å². The number of nitrogens with one attached hydrogen (secondary N) is 1. The zero-order valence-electron chi connectivity index (χ0n) is 14.4. The molecule has 0 heterocycles. The maximum atomic E-state index is 11.9. The molecule has 2 rings (SSSR count). The first-order valence-electron chi connectivity index (χ1n) is 8.01. The lowest BCUT2D eigenvalue weighted by atomic mass is 10.1. The molecule has 0 bridgehead atoms. The first-order valence-corrected chi connectivity index (χ1v) is 8.01. The number of rotatable bonds is 6. The van der Waals surface area contributed by atoms with Gasteiger partial charge in [-0.25, -0.2) is 0 Å². The van der Waals surface area contributed by atoms with E-state index in [0.717, 1.165) is 11.1 Å². The first-order chi connectivity index (χ1) is 11.4. The minimum absolute atomic E-state index is 0.0706. The Hall–Kier alpha value is -2.75. The Morgan fingerprint density at radius 1 is 1.21 bits per heavy atom. The number of carbonyl (C=O) groups is 1. The number of nitrogens with two attached hydrogens (primary N) is 1. The fourth-order valence-electron chi connectivity index (χ4n) is 2.16. The zero-order valence-corrected chi connectivity index (χ0v) is 14.4. The predicted molar refractivity (Wildman–Crippen MR) is 98.7 cm³/mol. The number of ether oxygens (including phenoxy) is 1. The molecule has 24 heavy (non-hydrogen) atoms. The van der Waals surface area contributed by atoms with Gasteiger partial charge < -0.3 is 15.8 Å². The summed E-state index contributed by atoms with van der Waals surface area (Å²) in [5.74, 6) is 0.516. The summed E-state index contributed by atoms with van der Waals surface area (Å²) in [4.78, 5) is 11.9. The van der Waals surface area contributed by atoms with Crippen molar-refractivity contribution in [1.82, 2.24) is 5.32 Å². The summed E-state index contributed by atoms with van der Waals surface area (Å²) in [5.41, 5.74) is 9.65. The Labute approximate surface area is 143 Å².